The van der Waals surface area contributed by atoms with Crippen molar-refractivity contribution in [1.29, 1.82) is 0 Å². The average molecular weight is 607 g/mol. The molecule has 0 aromatic heterocycles. The van der Waals surface area contributed by atoms with E-state index >= 15 is 0 Å². The van der Waals surface area contributed by atoms with Crippen LogP contribution in [0.15, 0.2) is 11.0 Å². The second kappa shape index (κ2) is 14.5. The normalized spacial score (nSPS) is 23.9. The van der Waals surface area contributed by atoms with Crippen molar-refractivity contribution in [2.45, 2.75) is 110 Å². The number of hydrogen-bond acceptors (Lipinski definition) is 14. The molecule has 15 heteroatoms. The number of carbonyl (C=O) groups is 6. The van der Waals surface area contributed by atoms with Gasteiger partial charge in [-0.05, 0) is 41.5 Å². The summed E-state index contributed by atoms with van der Waals surface area (Å²) >= 11 is 0. The SMILES string of the molecule is CC(=O)OC[C@H]1O[C@@H]([S@@](=O)/C(=C/C(=O)OC(C)(C)C)C(=O)OC(C)(C)C)[C@H](OC(C)=O)[C@@H](OC(C)=O)[C@@H]1OC(C)=O. The first-order valence-electron chi connectivity index (χ1n) is 12.5. The van der Waals surface area contributed by atoms with Gasteiger partial charge in [0.25, 0.3) is 0 Å². The molecule has 0 saturated carbocycles. The first kappa shape index (κ1) is 35.7. The van der Waals surface area contributed by atoms with Crippen molar-refractivity contribution < 1.29 is 66.1 Å². The van der Waals surface area contributed by atoms with Crippen LogP contribution in [0, 0.1) is 0 Å². The van der Waals surface area contributed by atoms with Crippen LogP contribution >= 0.6 is 0 Å². The first-order valence-corrected chi connectivity index (χ1v) is 13.7. The molecular formula is C26H38O14S. The molecule has 1 saturated heterocycles. The Bertz CT molecular complexity index is 1080. The van der Waals surface area contributed by atoms with E-state index in [-0.39, 0.29) is 0 Å². The van der Waals surface area contributed by atoms with Crippen molar-refractivity contribution in [1.82, 2.24) is 0 Å². The number of esters is 6. The molecule has 1 aliphatic rings. The van der Waals surface area contributed by atoms with Crippen molar-refractivity contribution in [3.63, 3.8) is 0 Å². The summed E-state index contributed by atoms with van der Waals surface area (Å²) in [6.07, 6.45) is -5.64. The predicted molar refractivity (Wildman–Crippen MR) is 140 cm³/mol. The van der Waals surface area contributed by atoms with Gasteiger partial charge in [0.15, 0.2) is 23.7 Å². The minimum absolute atomic E-state index is 0.580. The molecule has 0 N–H and O–H groups in total. The Hall–Kier alpha value is -3.33. The van der Waals surface area contributed by atoms with Crippen LogP contribution in [0.4, 0.5) is 0 Å². The van der Waals surface area contributed by atoms with Gasteiger partial charge in [0.1, 0.15) is 28.8 Å². The third-order valence-electron chi connectivity index (χ3n) is 4.63. The summed E-state index contributed by atoms with van der Waals surface area (Å²) < 4.78 is 51.4. The molecule has 0 radical (unpaired) electrons. The van der Waals surface area contributed by atoms with E-state index in [4.69, 9.17) is 33.2 Å². The molecule has 0 aromatic rings. The van der Waals surface area contributed by atoms with Gasteiger partial charge in [-0.15, -0.1) is 0 Å². The Kier molecular flexibility index (Phi) is 12.6. The largest absolute Gasteiger partial charge is 0.463 e. The highest BCUT2D eigenvalue weighted by molar-refractivity contribution is 7.90. The van der Waals surface area contributed by atoms with Gasteiger partial charge in [0.05, 0.1) is 10.8 Å². The lowest BCUT2D eigenvalue weighted by Crippen LogP contribution is -2.63. The average Bonchev–Trinajstić information content (AvgIpc) is 2.75. The third kappa shape index (κ3) is 12.4. The van der Waals surface area contributed by atoms with Gasteiger partial charge in [-0.2, -0.15) is 0 Å². The van der Waals surface area contributed by atoms with Crippen LogP contribution in [0.2, 0.25) is 0 Å². The second-order valence-corrected chi connectivity index (χ2v) is 12.4. The zero-order chi connectivity index (χ0) is 31.9. The molecule has 41 heavy (non-hydrogen) atoms. The molecule has 0 amide bonds. The lowest BCUT2D eigenvalue weighted by molar-refractivity contribution is -0.238. The zero-order valence-electron chi connectivity index (χ0n) is 24.8. The van der Waals surface area contributed by atoms with Crippen LogP contribution in [-0.2, 0) is 72.7 Å². The molecule has 14 nitrogen and oxygen atoms in total. The lowest BCUT2D eigenvalue weighted by Gasteiger charge is -2.44. The topological polar surface area (TPSA) is 184 Å². The molecule has 0 aromatic carbocycles. The van der Waals surface area contributed by atoms with Gasteiger partial charge >= 0.3 is 35.8 Å². The van der Waals surface area contributed by atoms with Crippen molar-refractivity contribution in [2.75, 3.05) is 6.61 Å². The summed E-state index contributed by atoms with van der Waals surface area (Å²) in [6, 6.07) is 0. The van der Waals surface area contributed by atoms with Crippen molar-refractivity contribution in [3.05, 3.63) is 11.0 Å². The molecular weight excluding hydrogens is 568 g/mol. The Morgan fingerprint density at radius 2 is 1.17 bits per heavy atom. The number of carbonyl (C=O) groups excluding carboxylic acids is 6. The summed E-state index contributed by atoms with van der Waals surface area (Å²) in [5, 5.41) is 0. The highest BCUT2D eigenvalue weighted by Gasteiger charge is 2.55. The maximum atomic E-state index is 14.0. The molecule has 6 atom stereocenters. The van der Waals surface area contributed by atoms with Crippen LogP contribution in [-0.4, -0.2) is 87.7 Å². The van der Waals surface area contributed by atoms with Crippen LogP contribution in [0.1, 0.15) is 69.2 Å². The molecule has 0 aliphatic carbocycles. The van der Waals surface area contributed by atoms with Gasteiger partial charge in [-0.25, -0.2) is 9.59 Å². The number of hydrogen-bond donors (Lipinski definition) is 0. The van der Waals surface area contributed by atoms with Gasteiger partial charge in [0, 0.05) is 33.8 Å². The summed E-state index contributed by atoms with van der Waals surface area (Å²) in [5.74, 6) is -5.68. The van der Waals surface area contributed by atoms with E-state index in [0.717, 1.165) is 27.7 Å². The van der Waals surface area contributed by atoms with Gasteiger partial charge < -0.3 is 33.2 Å². The van der Waals surface area contributed by atoms with E-state index in [1.54, 1.807) is 20.8 Å². The summed E-state index contributed by atoms with van der Waals surface area (Å²) in [4.78, 5) is 72.7. The van der Waals surface area contributed by atoms with Crippen LogP contribution < -0.4 is 0 Å². The van der Waals surface area contributed by atoms with Gasteiger partial charge in [0.2, 0.25) is 0 Å². The van der Waals surface area contributed by atoms with E-state index in [0.29, 0.717) is 6.08 Å². The minimum atomic E-state index is -2.69. The maximum Gasteiger partial charge on any atom is 0.348 e. The Labute approximate surface area is 240 Å². The lowest BCUT2D eigenvalue weighted by atomic mass is 9.99. The van der Waals surface area contributed by atoms with E-state index in [1.807, 2.05) is 0 Å². The van der Waals surface area contributed by atoms with Crippen LogP contribution in [0.5, 0.6) is 0 Å². The van der Waals surface area contributed by atoms with E-state index in [9.17, 15) is 33.0 Å². The minimum Gasteiger partial charge on any atom is -0.463 e. The summed E-state index contributed by atoms with van der Waals surface area (Å²) in [5.41, 5.74) is -3.89. The smallest absolute Gasteiger partial charge is 0.348 e. The summed E-state index contributed by atoms with van der Waals surface area (Å²) in [7, 11) is -2.69. The predicted octanol–water partition coefficient (Wildman–Crippen LogP) is 1.39. The van der Waals surface area contributed by atoms with E-state index in [1.165, 1.54) is 20.8 Å². The number of ether oxygens (including phenoxy) is 7. The first-order chi connectivity index (χ1) is 18.6. The molecule has 1 aliphatic heterocycles. The van der Waals surface area contributed by atoms with E-state index in [2.05, 4.69) is 0 Å². The molecule has 232 valence electrons. The Balaban J connectivity index is 3.80. The van der Waals surface area contributed by atoms with Gasteiger partial charge in [-0.1, -0.05) is 0 Å². The van der Waals surface area contributed by atoms with Gasteiger partial charge in [-0.3, -0.25) is 23.4 Å². The number of rotatable bonds is 9. The summed E-state index contributed by atoms with van der Waals surface area (Å²) in [6.45, 7) is 12.9. The second-order valence-electron chi connectivity index (χ2n) is 10.9. The van der Waals surface area contributed by atoms with E-state index < -0.39 is 99.2 Å². The van der Waals surface area contributed by atoms with Crippen molar-refractivity contribution in [2.24, 2.45) is 0 Å². The highest BCUT2D eigenvalue weighted by Crippen LogP contribution is 2.33. The fourth-order valence-corrected chi connectivity index (χ4v) is 4.82. The third-order valence-corrected chi connectivity index (χ3v) is 6.15. The molecule has 0 spiro atoms. The molecule has 0 unspecified atom stereocenters. The standard InChI is InChI=1S/C26H38O14S/c1-13(27)34-12-17-20(35-14(2)28)21(36-15(3)29)22(37-16(4)30)24(38-17)41(33)18(23(32)40-26(8,9)10)11-19(31)39-25(5,6)7/h11,17,20-22,24H,12H2,1-10H3/b18-11+/t17-,20-,21+,22-,24+,41+/m1/s1. The fraction of sp³-hybridized carbons (Fsp3) is 0.692. The molecule has 1 heterocycles. The zero-order valence-corrected chi connectivity index (χ0v) is 25.6. The molecule has 1 rings (SSSR count). The molecule has 0 bridgehead atoms. The fourth-order valence-electron chi connectivity index (χ4n) is 3.45. The van der Waals surface area contributed by atoms with Crippen molar-refractivity contribution in [3.8, 4) is 0 Å². The van der Waals surface area contributed by atoms with Crippen molar-refractivity contribution >= 4 is 46.6 Å². The Morgan fingerprint density at radius 3 is 1.61 bits per heavy atom. The quantitative estimate of drug-likeness (QED) is 0.208. The maximum absolute atomic E-state index is 14.0. The monoisotopic (exact) mass is 606 g/mol. The van der Waals surface area contributed by atoms with Crippen LogP contribution in [0.25, 0.3) is 0 Å². The Morgan fingerprint density at radius 1 is 0.707 bits per heavy atom. The van der Waals surface area contributed by atoms with Crippen LogP contribution in [0.3, 0.4) is 0 Å². The highest BCUT2D eigenvalue weighted by atomic mass is 32.2. The molecule has 1 fully saturated rings.